The molecule has 158 valence electrons. The lowest BCUT2D eigenvalue weighted by molar-refractivity contribution is -0.235. The highest BCUT2D eigenvalue weighted by Gasteiger charge is 2.33. The van der Waals surface area contributed by atoms with Crippen LogP contribution in [0, 0.1) is 0 Å². The van der Waals surface area contributed by atoms with Crippen molar-refractivity contribution >= 4 is 18.3 Å². The fourth-order valence-corrected chi connectivity index (χ4v) is 1.91. The number of carboxylic acid groups (broad SMARTS) is 1. The smallest absolute Gasteiger partial charge is 0.329 e. The van der Waals surface area contributed by atoms with E-state index in [-0.39, 0.29) is 6.41 Å². The fraction of sp³-hybridized carbons (Fsp3) is 0.800. The number of aliphatic hydroxyl groups excluding tert-OH is 5. The van der Waals surface area contributed by atoms with E-state index in [0.29, 0.717) is 5.06 Å². The second kappa shape index (κ2) is 11.1. The molecule has 0 aromatic heterocycles. The van der Waals surface area contributed by atoms with E-state index in [1.54, 1.807) is 20.8 Å². The molecule has 12 heteroatoms. The molecule has 0 radical (unpaired) electrons. The minimum Gasteiger partial charge on any atom is -0.480 e. The van der Waals surface area contributed by atoms with Crippen LogP contribution in [-0.4, -0.2) is 103 Å². The number of aliphatic hydroxyl groups is 5. The summed E-state index contributed by atoms with van der Waals surface area (Å²) in [6, 6.07) is -1.63. The third kappa shape index (κ3) is 9.08. The highest BCUT2D eigenvalue weighted by Crippen LogP contribution is 2.14. The molecule has 5 atom stereocenters. The fourth-order valence-electron chi connectivity index (χ4n) is 1.91. The van der Waals surface area contributed by atoms with Crippen molar-refractivity contribution in [3.8, 4) is 0 Å². The molecule has 0 aliphatic rings. The van der Waals surface area contributed by atoms with Crippen molar-refractivity contribution in [2.45, 2.75) is 63.3 Å². The molecule has 0 aromatic carbocycles. The van der Waals surface area contributed by atoms with Gasteiger partial charge >= 0.3 is 5.97 Å². The molecule has 0 saturated heterocycles. The lowest BCUT2D eigenvalue weighted by atomic mass is 10.0. The summed E-state index contributed by atoms with van der Waals surface area (Å²) in [6.45, 7) is 3.29. The second-order valence-corrected chi connectivity index (χ2v) is 6.83. The molecule has 0 spiro atoms. The Morgan fingerprint density at radius 1 is 1.11 bits per heavy atom. The molecule has 0 heterocycles. The van der Waals surface area contributed by atoms with Gasteiger partial charge in [-0.25, -0.2) is 9.86 Å². The first-order valence-electron chi connectivity index (χ1n) is 8.09. The van der Waals surface area contributed by atoms with Crippen molar-refractivity contribution < 1.29 is 49.9 Å². The molecule has 5 unspecified atom stereocenters. The maximum Gasteiger partial charge on any atom is 0.329 e. The Morgan fingerprint density at radius 2 is 1.63 bits per heavy atom. The normalized spacial score (nSPS) is 17.3. The Balaban J connectivity index is 4.79. The lowest BCUT2D eigenvalue weighted by Crippen LogP contribution is -2.51. The van der Waals surface area contributed by atoms with Gasteiger partial charge < -0.3 is 36.0 Å². The topological polar surface area (TPSA) is 197 Å². The quantitative estimate of drug-likeness (QED) is 0.129. The number of carbonyl (C=O) groups is 3. The summed E-state index contributed by atoms with van der Waals surface area (Å²) in [5.74, 6) is -2.38. The maximum absolute atomic E-state index is 11.9. The van der Waals surface area contributed by atoms with Crippen molar-refractivity contribution in [2.24, 2.45) is 0 Å². The first-order chi connectivity index (χ1) is 12.3. The van der Waals surface area contributed by atoms with Crippen LogP contribution in [0.1, 0.15) is 27.2 Å². The van der Waals surface area contributed by atoms with Crippen LogP contribution in [0.3, 0.4) is 0 Å². The van der Waals surface area contributed by atoms with Crippen molar-refractivity contribution in [2.75, 3.05) is 13.2 Å². The lowest BCUT2D eigenvalue weighted by Gasteiger charge is -2.30. The predicted molar refractivity (Wildman–Crippen MR) is 88.9 cm³/mol. The number of nitrogens with one attached hydrogen (secondary N) is 1. The first-order valence-corrected chi connectivity index (χ1v) is 8.09. The van der Waals surface area contributed by atoms with E-state index in [0.717, 1.165) is 0 Å². The SMILES string of the molecule is CC(C)(C)ON(C=O)C(CC(=O)NCC(O)C(O)C(O)C(O)CO)C(=O)O. The van der Waals surface area contributed by atoms with Crippen molar-refractivity contribution in [1.82, 2.24) is 10.4 Å². The Hall–Kier alpha value is -1.83. The van der Waals surface area contributed by atoms with Crippen LogP contribution in [0.4, 0.5) is 0 Å². The Morgan fingerprint density at radius 3 is 2.04 bits per heavy atom. The third-order valence-corrected chi connectivity index (χ3v) is 3.29. The molecule has 27 heavy (non-hydrogen) atoms. The highest BCUT2D eigenvalue weighted by atomic mass is 16.7. The van der Waals surface area contributed by atoms with E-state index in [1.165, 1.54) is 0 Å². The molecule has 0 fully saturated rings. The van der Waals surface area contributed by atoms with Crippen LogP contribution in [0.25, 0.3) is 0 Å². The van der Waals surface area contributed by atoms with Crippen molar-refractivity contribution in [3.05, 3.63) is 0 Å². The van der Waals surface area contributed by atoms with E-state index in [9.17, 15) is 39.9 Å². The van der Waals surface area contributed by atoms with Gasteiger partial charge in [0.25, 0.3) is 0 Å². The van der Waals surface area contributed by atoms with Gasteiger partial charge in [-0.3, -0.25) is 14.4 Å². The van der Waals surface area contributed by atoms with Gasteiger partial charge in [-0.2, -0.15) is 0 Å². The summed E-state index contributed by atoms with van der Waals surface area (Å²) in [5.41, 5.74) is -0.894. The van der Waals surface area contributed by atoms with E-state index in [4.69, 9.17) is 9.94 Å². The largest absolute Gasteiger partial charge is 0.480 e. The van der Waals surface area contributed by atoms with Crippen LogP contribution in [0.5, 0.6) is 0 Å². The van der Waals surface area contributed by atoms with E-state index in [2.05, 4.69) is 5.32 Å². The summed E-state index contributed by atoms with van der Waals surface area (Å²) in [7, 11) is 0. The van der Waals surface area contributed by atoms with Gasteiger partial charge in [0.2, 0.25) is 12.3 Å². The van der Waals surface area contributed by atoms with Gasteiger partial charge in [0.1, 0.15) is 18.3 Å². The van der Waals surface area contributed by atoms with Crippen LogP contribution in [0.15, 0.2) is 0 Å². The number of hydrogen-bond donors (Lipinski definition) is 7. The van der Waals surface area contributed by atoms with Crippen LogP contribution < -0.4 is 5.32 Å². The minimum absolute atomic E-state index is 0.128. The number of rotatable bonds is 12. The van der Waals surface area contributed by atoms with Crippen LogP contribution in [0.2, 0.25) is 0 Å². The van der Waals surface area contributed by atoms with Gasteiger partial charge in [0.05, 0.1) is 24.7 Å². The van der Waals surface area contributed by atoms with Crippen LogP contribution in [-0.2, 0) is 19.2 Å². The summed E-state index contributed by atoms with van der Waals surface area (Å²) >= 11 is 0. The zero-order chi connectivity index (χ0) is 21.4. The van der Waals surface area contributed by atoms with Gasteiger partial charge in [0, 0.05) is 6.54 Å². The average molecular weight is 396 g/mol. The van der Waals surface area contributed by atoms with Gasteiger partial charge in [-0.05, 0) is 20.8 Å². The van der Waals surface area contributed by atoms with E-state index >= 15 is 0 Å². The minimum atomic E-state index is -1.88. The monoisotopic (exact) mass is 396 g/mol. The Bertz CT molecular complexity index is 495. The molecule has 0 saturated carbocycles. The van der Waals surface area contributed by atoms with Crippen molar-refractivity contribution in [1.29, 1.82) is 0 Å². The molecular weight excluding hydrogens is 368 g/mol. The Kier molecular flexibility index (Phi) is 10.4. The second-order valence-electron chi connectivity index (χ2n) is 6.83. The number of carboxylic acids is 1. The third-order valence-electron chi connectivity index (χ3n) is 3.29. The molecule has 0 rings (SSSR count). The molecule has 2 amide bonds. The molecule has 0 aliphatic heterocycles. The van der Waals surface area contributed by atoms with Crippen LogP contribution >= 0.6 is 0 Å². The Labute approximate surface area is 155 Å². The summed E-state index contributed by atoms with van der Waals surface area (Å²) in [4.78, 5) is 39.5. The van der Waals surface area contributed by atoms with Gasteiger partial charge in [-0.1, -0.05) is 0 Å². The first kappa shape index (κ1) is 25.2. The number of hydroxylamine groups is 2. The molecular formula is C15H28N2O10. The predicted octanol–water partition coefficient (Wildman–Crippen LogP) is -3.43. The molecule has 7 N–H and O–H groups in total. The van der Waals surface area contributed by atoms with Gasteiger partial charge in [-0.15, -0.1) is 0 Å². The van der Waals surface area contributed by atoms with Gasteiger partial charge in [0.15, 0.2) is 6.04 Å². The number of carbonyl (C=O) groups excluding carboxylic acids is 2. The zero-order valence-electron chi connectivity index (χ0n) is 15.3. The molecule has 0 bridgehead atoms. The number of nitrogens with zero attached hydrogens (tertiary/aromatic N) is 1. The highest BCUT2D eigenvalue weighted by molar-refractivity contribution is 5.85. The number of hydrogen-bond acceptors (Lipinski definition) is 9. The summed E-state index contributed by atoms with van der Waals surface area (Å²) in [6.07, 6.45) is -7.71. The summed E-state index contributed by atoms with van der Waals surface area (Å²) in [5, 5.41) is 58.6. The maximum atomic E-state index is 11.9. The standard InChI is InChI=1S/C15H28N2O10/c1-15(2,3)27-17(7-19)8(14(25)26)4-11(22)16-5-9(20)12(23)13(24)10(21)6-18/h7-10,12-13,18,20-21,23-24H,4-6H2,1-3H3,(H,16,22)(H,25,26). The van der Waals surface area contributed by atoms with E-state index < -0.39 is 67.5 Å². The number of aliphatic carboxylic acids is 1. The number of amides is 2. The molecule has 12 nitrogen and oxygen atoms in total. The summed E-state index contributed by atoms with van der Waals surface area (Å²) < 4.78 is 0. The van der Waals surface area contributed by atoms with Crippen molar-refractivity contribution in [3.63, 3.8) is 0 Å². The average Bonchev–Trinajstić information content (AvgIpc) is 2.59. The zero-order valence-corrected chi connectivity index (χ0v) is 15.3. The molecule has 0 aromatic rings. The molecule has 0 aliphatic carbocycles. The van der Waals surface area contributed by atoms with E-state index in [1.807, 2.05) is 0 Å².